The Hall–Kier alpha value is -1.10. The number of hydrazine groups is 1. The van der Waals surface area contributed by atoms with Gasteiger partial charge in [0.25, 0.3) is 0 Å². The van der Waals surface area contributed by atoms with Gasteiger partial charge in [-0.25, -0.2) is 0 Å². The summed E-state index contributed by atoms with van der Waals surface area (Å²) in [4.78, 5) is 0. The van der Waals surface area contributed by atoms with Crippen LogP contribution in [0.4, 0.5) is 0 Å². The second-order valence-electron chi connectivity index (χ2n) is 4.03. The Morgan fingerprint density at radius 2 is 2.00 bits per heavy atom. The maximum absolute atomic E-state index is 10.1. The van der Waals surface area contributed by atoms with E-state index in [1.54, 1.807) is 6.92 Å². The zero-order valence-electron chi connectivity index (χ0n) is 9.86. The molecule has 16 heavy (non-hydrogen) atoms. The van der Waals surface area contributed by atoms with Crippen LogP contribution in [0.15, 0.2) is 24.3 Å². The fraction of sp³-hybridized carbons (Fsp3) is 0.500. The molecule has 0 amide bonds. The Morgan fingerprint density at radius 3 is 2.50 bits per heavy atom. The number of nitrogens with two attached hydrogens (primary N) is 1. The molecule has 4 nitrogen and oxygen atoms in total. The van der Waals surface area contributed by atoms with Crippen molar-refractivity contribution >= 4 is 0 Å². The highest BCUT2D eigenvalue weighted by Crippen LogP contribution is 2.22. The maximum atomic E-state index is 10.1. The summed E-state index contributed by atoms with van der Waals surface area (Å²) >= 11 is 0. The van der Waals surface area contributed by atoms with E-state index in [2.05, 4.69) is 12.3 Å². The number of benzene rings is 1. The van der Waals surface area contributed by atoms with Gasteiger partial charge in [-0.15, -0.1) is 0 Å². The highest BCUT2D eigenvalue weighted by molar-refractivity contribution is 5.30. The van der Waals surface area contributed by atoms with Gasteiger partial charge in [0.15, 0.2) is 0 Å². The van der Waals surface area contributed by atoms with E-state index in [0.29, 0.717) is 13.2 Å². The van der Waals surface area contributed by atoms with Crippen molar-refractivity contribution in [2.45, 2.75) is 25.9 Å². The fourth-order valence-electron chi connectivity index (χ4n) is 1.43. The minimum Gasteiger partial charge on any atom is -0.494 e. The van der Waals surface area contributed by atoms with E-state index in [1.165, 1.54) is 0 Å². The van der Waals surface area contributed by atoms with Gasteiger partial charge in [0.2, 0.25) is 0 Å². The van der Waals surface area contributed by atoms with Crippen LogP contribution in [0.25, 0.3) is 0 Å². The van der Waals surface area contributed by atoms with E-state index in [9.17, 15) is 5.11 Å². The molecule has 0 aliphatic rings. The Balaban J connectivity index is 2.70. The van der Waals surface area contributed by atoms with Crippen molar-refractivity contribution in [1.82, 2.24) is 5.43 Å². The first-order chi connectivity index (χ1) is 7.60. The molecule has 1 aromatic rings. The van der Waals surface area contributed by atoms with Gasteiger partial charge in [-0.05, 0) is 31.0 Å². The number of ether oxygens (including phenoxy) is 1. The van der Waals surface area contributed by atoms with E-state index in [0.717, 1.165) is 17.7 Å². The number of nitrogens with one attached hydrogen (secondary N) is 1. The first-order valence-corrected chi connectivity index (χ1v) is 5.49. The van der Waals surface area contributed by atoms with Crippen molar-refractivity contribution in [3.8, 4) is 5.75 Å². The highest BCUT2D eigenvalue weighted by Gasteiger charge is 2.21. The zero-order valence-corrected chi connectivity index (χ0v) is 9.86. The molecule has 0 radical (unpaired) electrons. The van der Waals surface area contributed by atoms with Crippen molar-refractivity contribution in [3.05, 3.63) is 29.8 Å². The second kappa shape index (κ2) is 5.84. The van der Waals surface area contributed by atoms with Crippen LogP contribution in [0.5, 0.6) is 5.75 Å². The van der Waals surface area contributed by atoms with Crippen molar-refractivity contribution < 1.29 is 9.84 Å². The molecule has 0 fully saturated rings. The molecule has 4 heteroatoms. The quantitative estimate of drug-likeness (QED) is 0.501. The molecule has 4 N–H and O–H groups in total. The molecule has 0 saturated heterocycles. The van der Waals surface area contributed by atoms with Gasteiger partial charge in [0.05, 0.1) is 6.61 Å². The van der Waals surface area contributed by atoms with Crippen LogP contribution in [0.1, 0.15) is 25.8 Å². The molecule has 0 bridgehead atoms. The van der Waals surface area contributed by atoms with Gasteiger partial charge in [-0.3, -0.25) is 11.3 Å². The number of hydrogen-bond acceptors (Lipinski definition) is 4. The van der Waals surface area contributed by atoms with Crippen LogP contribution in [-0.4, -0.2) is 18.3 Å². The average Bonchev–Trinajstić information content (AvgIpc) is 2.27. The smallest absolute Gasteiger partial charge is 0.119 e. The SMILES string of the molecule is CCCOc1ccc(C(C)(O)CNN)cc1. The highest BCUT2D eigenvalue weighted by atomic mass is 16.5. The predicted molar refractivity (Wildman–Crippen MR) is 64.0 cm³/mol. The number of aliphatic hydroxyl groups is 1. The number of hydrogen-bond donors (Lipinski definition) is 3. The lowest BCUT2D eigenvalue weighted by Crippen LogP contribution is -2.38. The molecular weight excluding hydrogens is 204 g/mol. The van der Waals surface area contributed by atoms with Gasteiger partial charge in [-0.2, -0.15) is 0 Å². The van der Waals surface area contributed by atoms with E-state index in [1.807, 2.05) is 24.3 Å². The van der Waals surface area contributed by atoms with E-state index >= 15 is 0 Å². The molecule has 0 saturated carbocycles. The van der Waals surface area contributed by atoms with E-state index < -0.39 is 5.60 Å². The van der Waals surface area contributed by atoms with Gasteiger partial charge in [0.1, 0.15) is 11.4 Å². The largest absolute Gasteiger partial charge is 0.494 e. The third-order valence-electron chi connectivity index (χ3n) is 2.40. The van der Waals surface area contributed by atoms with Gasteiger partial charge in [-0.1, -0.05) is 19.1 Å². The van der Waals surface area contributed by atoms with E-state index in [-0.39, 0.29) is 0 Å². The number of rotatable bonds is 6. The molecule has 0 aliphatic heterocycles. The molecule has 90 valence electrons. The molecule has 1 atom stereocenters. The summed E-state index contributed by atoms with van der Waals surface area (Å²) in [5.41, 5.74) is 2.33. The van der Waals surface area contributed by atoms with Crippen molar-refractivity contribution in [3.63, 3.8) is 0 Å². The minimum atomic E-state index is -0.960. The Morgan fingerprint density at radius 1 is 1.38 bits per heavy atom. The van der Waals surface area contributed by atoms with Gasteiger partial charge < -0.3 is 9.84 Å². The first-order valence-electron chi connectivity index (χ1n) is 5.49. The fourth-order valence-corrected chi connectivity index (χ4v) is 1.43. The molecule has 1 rings (SSSR count). The molecule has 0 spiro atoms. The van der Waals surface area contributed by atoms with E-state index in [4.69, 9.17) is 10.6 Å². The lowest BCUT2D eigenvalue weighted by atomic mass is 9.96. The lowest BCUT2D eigenvalue weighted by Gasteiger charge is -2.23. The summed E-state index contributed by atoms with van der Waals surface area (Å²) in [6.45, 7) is 4.79. The molecule has 0 heterocycles. The first kappa shape index (κ1) is 13.0. The van der Waals surface area contributed by atoms with Crippen LogP contribution in [0.2, 0.25) is 0 Å². The Kier molecular flexibility index (Phi) is 4.73. The van der Waals surface area contributed by atoms with Crippen molar-refractivity contribution in [2.75, 3.05) is 13.2 Å². The summed E-state index contributed by atoms with van der Waals surface area (Å²) in [5, 5.41) is 10.1. The molecule has 0 aromatic heterocycles. The summed E-state index contributed by atoms with van der Waals surface area (Å²) in [5.74, 6) is 6.03. The van der Waals surface area contributed by atoms with Crippen LogP contribution < -0.4 is 16.0 Å². The normalized spacial score (nSPS) is 14.5. The Labute approximate surface area is 96.4 Å². The van der Waals surface area contributed by atoms with Gasteiger partial charge in [0, 0.05) is 6.54 Å². The van der Waals surface area contributed by atoms with Crippen LogP contribution in [0, 0.1) is 0 Å². The molecular formula is C12H20N2O2. The second-order valence-corrected chi connectivity index (χ2v) is 4.03. The summed E-state index contributed by atoms with van der Waals surface area (Å²) in [6, 6.07) is 7.41. The van der Waals surface area contributed by atoms with Crippen molar-refractivity contribution in [1.29, 1.82) is 0 Å². The van der Waals surface area contributed by atoms with Crippen molar-refractivity contribution in [2.24, 2.45) is 5.84 Å². The summed E-state index contributed by atoms with van der Waals surface area (Å²) in [7, 11) is 0. The monoisotopic (exact) mass is 224 g/mol. The van der Waals surface area contributed by atoms with Gasteiger partial charge >= 0.3 is 0 Å². The molecule has 1 unspecified atom stereocenters. The topological polar surface area (TPSA) is 67.5 Å². The average molecular weight is 224 g/mol. The molecule has 0 aliphatic carbocycles. The predicted octanol–water partition coefficient (Wildman–Crippen LogP) is 1.15. The summed E-state index contributed by atoms with van der Waals surface area (Å²) < 4.78 is 5.46. The zero-order chi connectivity index (χ0) is 12.0. The standard InChI is InChI=1S/C12H20N2O2/c1-3-8-16-11-6-4-10(5-7-11)12(2,15)9-14-13/h4-7,14-15H,3,8-9,13H2,1-2H3. The summed E-state index contributed by atoms with van der Waals surface area (Å²) in [6.07, 6.45) is 0.983. The van der Waals surface area contributed by atoms with Crippen LogP contribution in [0.3, 0.4) is 0 Å². The minimum absolute atomic E-state index is 0.308. The van der Waals surface area contributed by atoms with Crippen LogP contribution in [-0.2, 0) is 5.60 Å². The maximum Gasteiger partial charge on any atom is 0.119 e. The van der Waals surface area contributed by atoms with Crippen LogP contribution >= 0.6 is 0 Å². The molecule has 1 aromatic carbocycles. The third kappa shape index (κ3) is 3.48. The third-order valence-corrected chi connectivity index (χ3v) is 2.40. The Bertz CT molecular complexity index is 309. The lowest BCUT2D eigenvalue weighted by molar-refractivity contribution is 0.0572.